The highest BCUT2D eigenvalue weighted by Crippen LogP contribution is 2.20. The molecule has 1 atom stereocenters. The molecule has 3 aromatic rings. The molecule has 1 aliphatic heterocycles. The van der Waals surface area contributed by atoms with Crippen molar-refractivity contribution in [2.75, 3.05) is 30.4 Å². The highest BCUT2D eigenvalue weighted by atomic mass is 16.5. The van der Waals surface area contributed by atoms with Gasteiger partial charge in [0.1, 0.15) is 18.1 Å². The van der Waals surface area contributed by atoms with Crippen LogP contribution in [0.3, 0.4) is 0 Å². The number of ether oxygens (including phenoxy) is 2. The lowest BCUT2D eigenvalue weighted by molar-refractivity contribution is -0.114. The first-order valence-electron chi connectivity index (χ1n) is 10.9. The Hall–Kier alpha value is -3.78. The van der Waals surface area contributed by atoms with Crippen molar-refractivity contribution >= 4 is 23.2 Å². The quantitative estimate of drug-likeness (QED) is 0.435. The zero-order valence-corrected chi connectivity index (χ0v) is 18.2. The molecular formula is C25H27N3O5. The van der Waals surface area contributed by atoms with Crippen LogP contribution in [-0.2, 0) is 16.1 Å². The predicted octanol–water partition coefficient (Wildman–Crippen LogP) is 3.82. The van der Waals surface area contributed by atoms with Crippen LogP contribution in [0.5, 0.6) is 5.75 Å². The fourth-order valence-corrected chi connectivity index (χ4v) is 3.47. The lowest BCUT2D eigenvalue weighted by atomic mass is 10.2. The van der Waals surface area contributed by atoms with E-state index in [-0.39, 0.29) is 24.5 Å². The van der Waals surface area contributed by atoms with E-state index in [9.17, 15) is 9.59 Å². The molecule has 2 heterocycles. The first kappa shape index (κ1) is 22.4. The molecule has 0 spiro atoms. The lowest BCUT2D eigenvalue weighted by Gasteiger charge is -2.13. The summed E-state index contributed by atoms with van der Waals surface area (Å²) < 4.78 is 16.6. The Morgan fingerprint density at radius 1 is 1.03 bits per heavy atom. The summed E-state index contributed by atoms with van der Waals surface area (Å²) in [7, 11) is 0. The third kappa shape index (κ3) is 6.85. The number of anilines is 2. The van der Waals surface area contributed by atoms with Gasteiger partial charge in [-0.2, -0.15) is 0 Å². The van der Waals surface area contributed by atoms with E-state index in [1.807, 2.05) is 24.3 Å². The van der Waals surface area contributed by atoms with Crippen molar-refractivity contribution in [2.45, 2.75) is 25.5 Å². The van der Waals surface area contributed by atoms with Crippen molar-refractivity contribution in [3.05, 3.63) is 78.3 Å². The summed E-state index contributed by atoms with van der Waals surface area (Å²) in [6, 6.07) is 17.8. The molecule has 0 radical (unpaired) electrons. The Morgan fingerprint density at radius 2 is 1.91 bits per heavy atom. The van der Waals surface area contributed by atoms with Crippen LogP contribution < -0.4 is 20.7 Å². The van der Waals surface area contributed by atoms with E-state index in [1.165, 1.54) is 0 Å². The fraction of sp³-hybridized carbons (Fsp3) is 0.280. The van der Waals surface area contributed by atoms with Gasteiger partial charge in [0.2, 0.25) is 5.91 Å². The van der Waals surface area contributed by atoms with Gasteiger partial charge < -0.3 is 29.8 Å². The smallest absolute Gasteiger partial charge is 0.251 e. The van der Waals surface area contributed by atoms with Crippen LogP contribution in [0, 0.1) is 0 Å². The molecule has 2 amide bonds. The Labute approximate surface area is 192 Å². The van der Waals surface area contributed by atoms with Gasteiger partial charge in [-0.1, -0.05) is 12.1 Å². The highest BCUT2D eigenvalue weighted by Gasteiger charge is 2.16. The molecule has 0 saturated carbocycles. The minimum atomic E-state index is -0.250. The Bertz CT molecular complexity index is 1060. The summed E-state index contributed by atoms with van der Waals surface area (Å²) >= 11 is 0. The number of benzene rings is 2. The number of hydrogen-bond acceptors (Lipinski definition) is 6. The summed E-state index contributed by atoms with van der Waals surface area (Å²) in [5.74, 6) is 0.915. The number of nitrogens with one attached hydrogen (secondary N) is 3. The van der Waals surface area contributed by atoms with E-state index in [1.54, 1.807) is 42.7 Å². The average molecular weight is 450 g/mol. The Kier molecular flexibility index (Phi) is 7.60. The monoisotopic (exact) mass is 449 g/mol. The zero-order valence-electron chi connectivity index (χ0n) is 18.2. The normalized spacial score (nSPS) is 15.1. The van der Waals surface area contributed by atoms with Crippen molar-refractivity contribution < 1.29 is 23.5 Å². The van der Waals surface area contributed by atoms with Crippen molar-refractivity contribution in [3.8, 4) is 5.75 Å². The van der Waals surface area contributed by atoms with E-state index in [4.69, 9.17) is 13.9 Å². The summed E-state index contributed by atoms with van der Waals surface area (Å²) in [5.41, 5.74) is 1.77. The number of carbonyl (C=O) groups is 2. The van der Waals surface area contributed by atoms with Gasteiger partial charge in [-0.05, 0) is 55.3 Å². The maximum atomic E-state index is 12.4. The maximum absolute atomic E-state index is 12.4. The topological polar surface area (TPSA) is 102 Å². The van der Waals surface area contributed by atoms with Crippen molar-refractivity contribution in [3.63, 3.8) is 0 Å². The maximum Gasteiger partial charge on any atom is 0.251 e. The molecule has 33 heavy (non-hydrogen) atoms. The summed E-state index contributed by atoms with van der Waals surface area (Å²) in [6.07, 6.45) is 3.80. The Balaban J connectivity index is 1.24. The number of furan rings is 1. The van der Waals surface area contributed by atoms with Crippen LogP contribution in [0.25, 0.3) is 0 Å². The molecule has 1 fully saturated rings. The zero-order chi connectivity index (χ0) is 22.9. The molecule has 4 rings (SSSR count). The molecule has 1 unspecified atom stereocenters. The first-order valence-corrected chi connectivity index (χ1v) is 10.9. The molecule has 1 aromatic heterocycles. The van der Waals surface area contributed by atoms with Gasteiger partial charge >= 0.3 is 0 Å². The van der Waals surface area contributed by atoms with Crippen LogP contribution in [-0.4, -0.2) is 37.7 Å². The van der Waals surface area contributed by atoms with Crippen LogP contribution in [0.1, 0.15) is 29.0 Å². The first-order chi connectivity index (χ1) is 16.2. The molecule has 0 aliphatic carbocycles. The second kappa shape index (κ2) is 11.2. The molecule has 1 saturated heterocycles. The minimum Gasteiger partial charge on any atom is -0.491 e. The second-order valence-corrected chi connectivity index (χ2v) is 7.72. The van der Waals surface area contributed by atoms with Gasteiger partial charge in [0.15, 0.2) is 0 Å². The van der Waals surface area contributed by atoms with Crippen LogP contribution >= 0.6 is 0 Å². The van der Waals surface area contributed by atoms with Crippen molar-refractivity contribution in [1.29, 1.82) is 0 Å². The Morgan fingerprint density at radius 3 is 2.73 bits per heavy atom. The number of amides is 2. The molecule has 8 heteroatoms. The van der Waals surface area contributed by atoms with E-state index < -0.39 is 0 Å². The predicted molar refractivity (Wildman–Crippen MR) is 124 cm³/mol. The summed E-state index contributed by atoms with van der Waals surface area (Å²) in [6.45, 7) is 1.69. The molecule has 172 valence electrons. The lowest BCUT2D eigenvalue weighted by Crippen LogP contribution is -2.24. The molecule has 2 aromatic carbocycles. The molecular weight excluding hydrogens is 422 g/mol. The third-order valence-corrected chi connectivity index (χ3v) is 5.16. The van der Waals surface area contributed by atoms with Gasteiger partial charge in [0.05, 0.1) is 25.5 Å². The average Bonchev–Trinajstić information content (AvgIpc) is 3.55. The number of carbonyl (C=O) groups excluding carboxylic acids is 2. The second-order valence-electron chi connectivity index (χ2n) is 7.72. The van der Waals surface area contributed by atoms with Gasteiger partial charge in [0.25, 0.3) is 5.91 Å². The van der Waals surface area contributed by atoms with Gasteiger partial charge in [0, 0.05) is 29.6 Å². The molecule has 0 bridgehead atoms. The van der Waals surface area contributed by atoms with Crippen LogP contribution in [0.4, 0.5) is 11.4 Å². The molecule has 8 nitrogen and oxygen atoms in total. The number of hydrogen-bond donors (Lipinski definition) is 3. The molecule has 3 N–H and O–H groups in total. The SMILES string of the molecule is O=C(CNc1cccc(OCC2CCCO2)c1)Nc1cccc(C(=O)NCc2ccco2)c1. The van der Waals surface area contributed by atoms with E-state index in [2.05, 4.69) is 16.0 Å². The number of rotatable bonds is 10. The summed E-state index contributed by atoms with van der Waals surface area (Å²) in [5, 5.41) is 8.68. The summed E-state index contributed by atoms with van der Waals surface area (Å²) in [4.78, 5) is 24.8. The van der Waals surface area contributed by atoms with Gasteiger partial charge in [-0.15, -0.1) is 0 Å². The van der Waals surface area contributed by atoms with E-state index >= 15 is 0 Å². The third-order valence-electron chi connectivity index (χ3n) is 5.16. The van der Waals surface area contributed by atoms with Crippen LogP contribution in [0.15, 0.2) is 71.3 Å². The van der Waals surface area contributed by atoms with Crippen LogP contribution in [0.2, 0.25) is 0 Å². The van der Waals surface area contributed by atoms with Crippen molar-refractivity contribution in [1.82, 2.24) is 5.32 Å². The van der Waals surface area contributed by atoms with Crippen molar-refractivity contribution in [2.24, 2.45) is 0 Å². The van der Waals surface area contributed by atoms with E-state index in [0.29, 0.717) is 30.2 Å². The minimum absolute atomic E-state index is 0.0735. The van der Waals surface area contributed by atoms with Gasteiger partial charge in [-0.3, -0.25) is 9.59 Å². The standard InChI is InChI=1S/C25H27N3O5/c29-24(16-26-19-6-2-8-21(14-19)33-17-23-10-4-12-32-23)28-20-7-1-5-18(13-20)25(30)27-15-22-9-3-11-31-22/h1-3,5-9,11,13-14,23,26H,4,10,12,15-17H2,(H,27,30)(H,28,29). The fourth-order valence-electron chi connectivity index (χ4n) is 3.47. The van der Waals surface area contributed by atoms with Gasteiger partial charge in [-0.25, -0.2) is 0 Å². The molecule has 1 aliphatic rings. The largest absolute Gasteiger partial charge is 0.491 e. The van der Waals surface area contributed by atoms with E-state index in [0.717, 1.165) is 30.9 Å². The highest BCUT2D eigenvalue weighted by molar-refractivity contribution is 5.98.